The van der Waals surface area contributed by atoms with Gasteiger partial charge in [-0.2, -0.15) is 0 Å². The lowest BCUT2D eigenvalue weighted by atomic mass is 10.0. The maximum atomic E-state index is 9.95. The molecule has 2 aliphatic carbocycles. The van der Waals surface area contributed by atoms with Gasteiger partial charge >= 0.3 is 0 Å². The van der Waals surface area contributed by atoms with Crippen molar-refractivity contribution in [2.75, 3.05) is 0 Å². The number of halogens is 1. The Bertz CT molecular complexity index is 325. The highest BCUT2D eigenvalue weighted by Crippen LogP contribution is 2.29. The highest BCUT2D eigenvalue weighted by atomic mass is 79.9. The van der Waals surface area contributed by atoms with Crippen molar-refractivity contribution >= 4 is 15.9 Å². The van der Waals surface area contributed by atoms with Gasteiger partial charge < -0.3 is 5.11 Å². The van der Waals surface area contributed by atoms with E-state index in [0.29, 0.717) is 0 Å². The molecule has 0 amide bonds. The fourth-order valence-corrected chi connectivity index (χ4v) is 2.64. The Balaban J connectivity index is 2.30. The van der Waals surface area contributed by atoms with Crippen molar-refractivity contribution in [3.8, 4) is 0 Å². The normalized spacial score (nSPS) is 27.6. The first-order valence-electron chi connectivity index (χ1n) is 5.73. The van der Waals surface area contributed by atoms with E-state index in [9.17, 15) is 5.11 Å². The van der Waals surface area contributed by atoms with Gasteiger partial charge in [0.25, 0.3) is 0 Å². The Labute approximate surface area is 99.7 Å². The van der Waals surface area contributed by atoms with Crippen LogP contribution in [0.15, 0.2) is 33.9 Å². The van der Waals surface area contributed by atoms with Crippen LogP contribution in [0.1, 0.15) is 38.5 Å². The number of rotatable bonds is 0. The molecule has 0 aromatic heterocycles. The second-order valence-electron chi connectivity index (χ2n) is 4.31. The molecule has 0 heterocycles. The predicted octanol–water partition coefficient (Wildman–Crippen LogP) is 3.85. The number of aliphatic hydroxyl groups excluding tert-OH is 1. The maximum absolute atomic E-state index is 9.95. The largest absolute Gasteiger partial charge is 0.384 e. The molecule has 82 valence electrons. The fourth-order valence-electron chi connectivity index (χ4n) is 2.18. The third-order valence-corrected chi connectivity index (χ3v) is 4.08. The smallest absolute Gasteiger partial charge is 0.104 e. The minimum absolute atomic E-state index is 0.442. The Hall–Kier alpha value is -0.340. The summed E-state index contributed by atoms with van der Waals surface area (Å²) in [7, 11) is 0. The quantitative estimate of drug-likeness (QED) is 0.708. The summed E-state index contributed by atoms with van der Waals surface area (Å²) in [5.74, 6) is 0. The summed E-state index contributed by atoms with van der Waals surface area (Å²) in [6.07, 6.45) is 13.1. The van der Waals surface area contributed by atoms with Crippen molar-refractivity contribution in [3.63, 3.8) is 0 Å². The molecule has 2 aliphatic rings. The Morgan fingerprint density at radius 3 is 2.60 bits per heavy atom. The van der Waals surface area contributed by atoms with Gasteiger partial charge in [0.1, 0.15) is 6.10 Å². The zero-order valence-corrected chi connectivity index (χ0v) is 10.5. The SMILES string of the molecule is OC1C=C2C=CC(=C1Br)CCCCCC2. The summed E-state index contributed by atoms with van der Waals surface area (Å²) in [6, 6.07) is 0. The molecule has 15 heavy (non-hydrogen) atoms. The summed E-state index contributed by atoms with van der Waals surface area (Å²) < 4.78 is 0.954. The minimum atomic E-state index is -0.442. The van der Waals surface area contributed by atoms with E-state index in [0.717, 1.165) is 17.3 Å². The summed E-state index contributed by atoms with van der Waals surface area (Å²) in [6.45, 7) is 0. The first kappa shape index (κ1) is 11.2. The molecule has 0 aromatic rings. The Morgan fingerprint density at radius 1 is 1.07 bits per heavy atom. The topological polar surface area (TPSA) is 20.2 Å². The van der Waals surface area contributed by atoms with E-state index < -0.39 is 6.10 Å². The minimum Gasteiger partial charge on any atom is -0.384 e. The summed E-state index contributed by atoms with van der Waals surface area (Å²) in [4.78, 5) is 0. The molecule has 2 rings (SSSR count). The highest BCUT2D eigenvalue weighted by Gasteiger charge is 2.14. The van der Waals surface area contributed by atoms with E-state index in [1.165, 1.54) is 36.8 Å². The average molecular weight is 269 g/mol. The van der Waals surface area contributed by atoms with E-state index in [1.54, 1.807) is 0 Å². The molecule has 2 bridgehead atoms. The molecule has 0 spiro atoms. The third-order valence-electron chi connectivity index (χ3n) is 3.10. The number of hydrogen-bond acceptors (Lipinski definition) is 1. The predicted molar refractivity (Wildman–Crippen MR) is 66.9 cm³/mol. The number of fused-ring (bicyclic) bond motifs is 2. The number of allylic oxidation sites excluding steroid dienone is 4. The molecule has 0 saturated carbocycles. The lowest BCUT2D eigenvalue weighted by molar-refractivity contribution is 0.267. The van der Waals surface area contributed by atoms with Crippen LogP contribution in [0.25, 0.3) is 0 Å². The first-order valence-corrected chi connectivity index (χ1v) is 6.52. The van der Waals surface area contributed by atoms with E-state index in [-0.39, 0.29) is 0 Å². The van der Waals surface area contributed by atoms with Crippen LogP contribution in [-0.2, 0) is 0 Å². The number of hydrogen-bond donors (Lipinski definition) is 1. The first-order chi connectivity index (χ1) is 7.27. The highest BCUT2D eigenvalue weighted by molar-refractivity contribution is 9.11. The van der Waals surface area contributed by atoms with Crippen molar-refractivity contribution in [1.82, 2.24) is 0 Å². The second-order valence-corrected chi connectivity index (χ2v) is 5.16. The molecule has 2 heteroatoms. The second kappa shape index (κ2) is 5.13. The van der Waals surface area contributed by atoms with Gasteiger partial charge in [0.05, 0.1) is 0 Å². The lowest BCUT2D eigenvalue weighted by Crippen LogP contribution is -2.03. The van der Waals surface area contributed by atoms with Gasteiger partial charge in [-0.1, -0.05) is 40.9 Å². The van der Waals surface area contributed by atoms with Gasteiger partial charge in [-0.05, 0) is 42.9 Å². The van der Waals surface area contributed by atoms with Crippen LogP contribution in [0.5, 0.6) is 0 Å². The van der Waals surface area contributed by atoms with Crippen molar-refractivity contribution in [1.29, 1.82) is 0 Å². The van der Waals surface area contributed by atoms with Crippen LogP contribution in [0.2, 0.25) is 0 Å². The molecule has 1 nitrogen and oxygen atoms in total. The molecule has 0 saturated heterocycles. The van der Waals surface area contributed by atoms with Gasteiger partial charge in [-0.15, -0.1) is 0 Å². The van der Waals surface area contributed by atoms with Crippen molar-refractivity contribution < 1.29 is 5.11 Å². The van der Waals surface area contributed by atoms with E-state index in [4.69, 9.17) is 0 Å². The van der Waals surface area contributed by atoms with Crippen LogP contribution in [0.3, 0.4) is 0 Å². The van der Waals surface area contributed by atoms with Crippen LogP contribution >= 0.6 is 15.9 Å². The van der Waals surface area contributed by atoms with Crippen LogP contribution in [0, 0.1) is 0 Å². The maximum Gasteiger partial charge on any atom is 0.104 e. The van der Waals surface area contributed by atoms with Crippen molar-refractivity contribution in [3.05, 3.63) is 33.9 Å². The van der Waals surface area contributed by atoms with Crippen LogP contribution in [0.4, 0.5) is 0 Å². The van der Waals surface area contributed by atoms with Gasteiger partial charge in [0.15, 0.2) is 0 Å². The molecule has 1 atom stereocenters. The van der Waals surface area contributed by atoms with Gasteiger partial charge in [-0.25, -0.2) is 0 Å². The standard InChI is InChI=1S/C13H17BrO/c14-13-11-6-4-2-1-3-5-10(7-8-11)9-12(13)15/h7-9,12,15H,1-6H2. The Kier molecular flexibility index (Phi) is 3.81. The molecular weight excluding hydrogens is 252 g/mol. The van der Waals surface area contributed by atoms with Crippen LogP contribution in [-0.4, -0.2) is 11.2 Å². The fraction of sp³-hybridized carbons (Fsp3) is 0.538. The molecule has 0 radical (unpaired) electrons. The Morgan fingerprint density at radius 2 is 1.80 bits per heavy atom. The number of aliphatic hydroxyl groups is 1. The summed E-state index contributed by atoms with van der Waals surface area (Å²) in [5, 5.41) is 9.95. The van der Waals surface area contributed by atoms with Crippen molar-refractivity contribution in [2.45, 2.75) is 44.6 Å². The molecule has 1 N–H and O–H groups in total. The molecule has 0 aromatic carbocycles. The summed E-state index contributed by atoms with van der Waals surface area (Å²) in [5.41, 5.74) is 2.53. The zero-order valence-electron chi connectivity index (χ0n) is 8.88. The van der Waals surface area contributed by atoms with E-state index in [1.807, 2.05) is 6.08 Å². The van der Waals surface area contributed by atoms with E-state index >= 15 is 0 Å². The monoisotopic (exact) mass is 268 g/mol. The van der Waals surface area contributed by atoms with Gasteiger partial charge in [0.2, 0.25) is 0 Å². The molecule has 0 fully saturated rings. The lowest BCUT2D eigenvalue weighted by Gasteiger charge is -2.08. The summed E-state index contributed by atoms with van der Waals surface area (Å²) >= 11 is 3.51. The zero-order chi connectivity index (χ0) is 10.7. The van der Waals surface area contributed by atoms with Gasteiger partial charge in [-0.3, -0.25) is 0 Å². The average Bonchev–Trinajstić information content (AvgIpc) is 2.38. The molecular formula is C13H17BrO. The van der Waals surface area contributed by atoms with Crippen molar-refractivity contribution in [2.24, 2.45) is 0 Å². The molecule has 1 unspecified atom stereocenters. The third kappa shape index (κ3) is 2.82. The van der Waals surface area contributed by atoms with E-state index in [2.05, 4.69) is 28.1 Å². The van der Waals surface area contributed by atoms with Crippen LogP contribution < -0.4 is 0 Å². The van der Waals surface area contributed by atoms with Gasteiger partial charge in [0, 0.05) is 4.48 Å². The molecule has 0 aliphatic heterocycles.